The van der Waals surface area contributed by atoms with Gasteiger partial charge in [-0.25, -0.2) is 9.07 Å². The first kappa shape index (κ1) is 18.4. The van der Waals surface area contributed by atoms with Gasteiger partial charge >= 0.3 is 0 Å². The molecule has 1 unspecified atom stereocenters. The molecule has 7 heteroatoms. The highest BCUT2D eigenvalue weighted by atomic mass is 35.5. The first-order chi connectivity index (χ1) is 12.1. The second kappa shape index (κ2) is 7.43. The molecule has 2 aromatic carbocycles. The fourth-order valence-electron chi connectivity index (χ4n) is 3.41. The lowest BCUT2D eigenvalue weighted by Crippen LogP contribution is -2.26. The maximum absolute atomic E-state index is 13.7. The van der Waals surface area contributed by atoms with E-state index in [-0.39, 0.29) is 18.0 Å². The van der Waals surface area contributed by atoms with Crippen molar-refractivity contribution in [3.63, 3.8) is 0 Å². The Morgan fingerprint density at radius 2 is 2.00 bits per heavy atom. The van der Waals surface area contributed by atoms with Crippen LogP contribution in [0.5, 0.6) is 0 Å². The molecule has 136 valence electrons. The molecule has 2 heterocycles. The van der Waals surface area contributed by atoms with Gasteiger partial charge in [-0.1, -0.05) is 18.6 Å². The number of benzene rings is 2. The maximum Gasteiger partial charge on any atom is 0.251 e. The quantitative estimate of drug-likeness (QED) is 0.737. The Morgan fingerprint density at radius 3 is 2.65 bits per heavy atom. The minimum absolute atomic E-state index is 0. The van der Waals surface area contributed by atoms with Gasteiger partial charge in [0, 0.05) is 17.6 Å². The number of halogens is 2. The van der Waals surface area contributed by atoms with Gasteiger partial charge in [-0.2, -0.15) is 5.10 Å². The Balaban J connectivity index is 0.00000196. The Kier molecular flexibility index (Phi) is 5.25. The zero-order valence-electron chi connectivity index (χ0n) is 14.1. The Hall–Kier alpha value is -2.44. The average Bonchev–Trinajstić information content (AvgIpc) is 3.05. The third-order valence-electron chi connectivity index (χ3n) is 4.71. The van der Waals surface area contributed by atoms with Crippen LogP contribution in [0, 0.1) is 5.82 Å². The summed E-state index contributed by atoms with van der Waals surface area (Å²) in [5, 5.41) is 8.50. The topological polar surface area (TPSA) is 72.9 Å². The lowest BCUT2D eigenvalue weighted by Gasteiger charge is -2.23. The summed E-state index contributed by atoms with van der Waals surface area (Å²) in [7, 11) is 0. The Morgan fingerprint density at radius 1 is 1.23 bits per heavy atom. The molecule has 1 amide bonds. The standard InChI is InChI=1S/C19H19FN4O.ClH/c20-14-9-13-11-24(23-18(13)16(10-14)19(21)25)15-6-4-12(5-7-15)17-3-1-2-8-22-17;/h4-7,9-11,17,22H,1-3,8H2,(H2,21,25);1H. The highest BCUT2D eigenvalue weighted by Gasteiger charge is 2.16. The van der Waals surface area contributed by atoms with Crippen molar-refractivity contribution in [1.29, 1.82) is 0 Å². The van der Waals surface area contributed by atoms with E-state index in [4.69, 9.17) is 5.73 Å². The first-order valence-corrected chi connectivity index (χ1v) is 8.44. The molecule has 0 radical (unpaired) electrons. The zero-order valence-corrected chi connectivity index (χ0v) is 14.9. The van der Waals surface area contributed by atoms with E-state index in [0.29, 0.717) is 16.9 Å². The fraction of sp³-hybridized carbons (Fsp3) is 0.263. The van der Waals surface area contributed by atoms with Gasteiger partial charge in [-0.3, -0.25) is 4.79 Å². The summed E-state index contributed by atoms with van der Waals surface area (Å²) in [5.74, 6) is -1.19. The van der Waals surface area contributed by atoms with Gasteiger partial charge in [-0.15, -0.1) is 12.4 Å². The summed E-state index contributed by atoms with van der Waals surface area (Å²) in [6, 6.07) is 11.0. The third kappa shape index (κ3) is 3.43. The van der Waals surface area contributed by atoms with Crippen LogP contribution in [0.1, 0.15) is 41.2 Å². The lowest BCUT2D eigenvalue weighted by molar-refractivity contribution is 0.100. The Labute approximate surface area is 156 Å². The molecule has 0 saturated carbocycles. The molecule has 1 aliphatic heterocycles. The second-order valence-electron chi connectivity index (χ2n) is 6.42. The number of fused-ring (bicyclic) bond motifs is 1. The van der Waals surface area contributed by atoms with Crippen molar-refractivity contribution in [3.05, 3.63) is 59.5 Å². The molecule has 1 fully saturated rings. The molecule has 1 aromatic heterocycles. The van der Waals surface area contributed by atoms with Crippen molar-refractivity contribution in [2.24, 2.45) is 5.73 Å². The van der Waals surface area contributed by atoms with E-state index in [0.717, 1.165) is 24.7 Å². The molecule has 0 spiro atoms. The predicted molar refractivity (Wildman–Crippen MR) is 101 cm³/mol. The molecule has 3 aromatic rings. The summed E-state index contributed by atoms with van der Waals surface area (Å²) in [4.78, 5) is 11.5. The molecule has 5 nitrogen and oxygen atoms in total. The molecular weight excluding hydrogens is 355 g/mol. The van der Waals surface area contributed by atoms with Crippen molar-refractivity contribution < 1.29 is 9.18 Å². The van der Waals surface area contributed by atoms with Crippen LogP contribution in [-0.2, 0) is 0 Å². The normalized spacial score (nSPS) is 17.0. The number of rotatable bonds is 3. The molecule has 26 heavy (non-hydrogen) atoms. The number of carbonyl (C=O) groups excluding carboxylic acids is 1. The van der Waals surface area contributed by atoms with Crippen LogP contribution in [0.2, 0.25) is 0 Å². The van der Waals surface area contributed by atoms with Crippen LogP contribution >= 0.6 is 12.4 Å². The zero-order chi connectivity index (χ0) is 17.4. The first-order valence-electron chi connectivity index (χ1n) is 8.44. The van der Waals surface area contributed by atoms with Gasteiger partial charge < -0.3 is 11.1 Å². The minimum atomic E-state index is -0.687. The van der Waals surface area contributed by atoms with Crippen LogP contribution in [0.15, 0.2) is 42.6 Å². The predicted octanol–water partition coefficient (Wildman–Crippen LogP) is 3.50. The van der Waals surface area contributed by atoms with Crippen LogP contribution in [0.4, 0.5) is 4.39 Å². The number of carbonyl (C=O) groups is 1. The number of hydrogen-bond donors (Lipinski definition) is 2. The summed E-state index contributed by atoms with van der Waals surface area (Å²) in [6.07, 6.45) is 5.32. The molecule has 4 rings (SSSR count). The van der Waals surface area contributed by atoms with E-state index in [1.165, 1.54) is 24.5 Å². The number of nitrogens with one attached hydrogen (secondary N) is 1. The van der Waals surface area contributed by atoms with Crippen molar-refractivity contribution in [2.75, 3.05) is 6.54 Å². The van der Waals surface area contributed by atoms with Crippen molar-refractivity contribution in [1.82, 2.24) is 15.1 Å². The largest absolute Gasteiger partial charge is 0.366 e. The number of piperidine rings is 1. The van der Waals surface area contributed by atoms with Crippen LogP contribution in [0.25, 0.3) is 16.6 Å². The summed E-state index contributed by atoms with van der Waals surface area (Å²) in [6.45, 7) is 1.05. The second-order valence-corrected chi connectivity index (χ2v) is 6.42. The van der Waals surface area contributed by atoms with Gasteiger partial charge in [-0.05, 0) is 49.2 Å². The van der Waals surface area contributed by atoms with Gasteiger partial charge in [0.05, 0.1) is 11.3 Å². The maximum atomic E-state index is 13.7. The molecule has 1 aliphatic rings. The fourth-order valence-corrected chi connectivity index (χ4v) is 3.41. The molecule has 3 N–H and O–H groups in total. The summed E-state index contributed by atoms with van der Waals surface area (Å²) in [5.41, 5.74) is 7.95. The SMILES string of the molecule is Cl.NC(=O)c1cc(F)cc2cn(-c3ccc(C4CCCCN4)cc3)nc12. The summed E-state index contributed by atoms with van der Waals surface area (Å²) < 4.78 is 15.3. The minimum Gasteiger partial charge on any atom is -0.366 e. The van der Waals surface area contributed by atoms with Gasteiger partial charge in [0.15, 0.2) is 0 Å². The number of nitrogens with zero attached hydrogens (tertiary/aromatic N) is 2. The van der Waals surface area contributed by atoms with E-state index in [2.05, 4.69) is 22.5 Å². The summed E-state index contributed by atoms with van der Waals surface area (Å²) >= 11 is 0. The van der Waals surface area contributed by atoms with E-state index in [1.807, 2.05) is 12.1 Å². The number of nitrogens with two attached hydrogens (primary N) is 1. The van der Waals surface area contributed by atoms with Crippen LogP contribution in [-0.4, -0.2) is 22.2 Å². The highest BCUT2D eigenvalue weighted by molar-refractivity contribution is 6.04. The number of aromatic nitrogens is 2. The molecule has 1 saturated heterocycles. The Bertz CT molecular complexity index is 933. The molecule has 0 aliphatic carbocycles. The van der Waals surface area contributed by atoms with Crippen LogP contribution < -0.4 is 11.1 Å². The van der Waals surface area contributed by atoms with Crippen LogP contribution in [0.3, 0.4) is 0 Å². The van der Waals surface area contributed by atoms with Gasteiger partial charge in [0.25, 0.3) is 5.91 Å². The lowest BCUT2D eigenvalue weighted by atomic mass is 9.97. The molecule has 1 atom stereocenters. The molecular formula is C19H20ClFN4O. The highest BCUT2D eigenvalue weighted by Crippen LogP contribution is 2.25. The monoisotopic (exact) mass is 374 g/mol. The molecule has 0 bridgehead atoms. The van der Waals surface area contributed by atoms with E-state index < -0.39 is 11.7 Å². The average molecular weight is 375 g/mol. The van der Waals surface area contributed by atoms with Crippen molar-refractivity contribution >= 4 is 29.2 Å². The van der Waals surface area contributed by atoms with Crippen molar-refractivity contribution in [2.45, 2.75) is 25.3 Å². The van der Waals surface area contributed by atoms with E-state index in [1.54, 1.807) is 10.9 Å². The van der Waals surface area contributed by atoms with Crippen molar-refractivity contribution in [3.8, 4) is 5.69 Å². The number of primary amides is 1. The van der Waals surface area contributed by atoms with E-state index in [9.17, 15) is 9.18 Å². The van der Waals surface area contributed by atoms with Gasteiger partial charge in [0.1, 0.15) is 11.3 Å². The third-order valence-corrected chi connectivity index (χ3v) is 4.71. The number of hydrogen-bond acceptors (Lipinski definition) is 3. The number of amides is 1. The van der Waals surface area contributed by atoms with E-state index >= 15 is 0 Å². The van der Waals surface area contributed by atoms with Gasteiger partial charge in [0.2, 0.25) is 0 Å². The smallest absolute Gasteiger partial charge is 0.251 e.